The number of hydrogen-bond donors (Lipinski definition) is 1. The van der Waals surface area contributed by atoms with Gasteiger partial charge in [0.1, 0.15) is 22.6 Å². The number of carbonyl (C=O) groups is 2. The summed E-state index contributed by atoms with van der Waals surface area (Å²) in [6.45, 7) is 3.74. The number of aromatic nitrogens is 3. The van der Waals surface area contributed by atoms with Crippen LogP contribution in [-0.2, 0) is 16.0 Å². The molecule has 0 radical (unpaired) electrons. The third-order valence-electron chi connectivity index (χ3n) is 5.34. The van der Waals surface area contributed by atoms with Gasteiger partial charge >= 0.3 is 5.91 Å². The Kier molecular flexibility index (Phi) is 4.55. The van der Waals surface area contributed by atoms with Crippen LogP contribution in [0.1, 0.15) is 34.7 Å². The number of anilines is 1. The fraction of sp³-hybridized carbons (Fsp3) is 0.227. The summed E-state index contributed by atoms with van der Waals surface area (Å²) < 4.78 is 5.72. The van der Waals surface area contributed by atoms with Gasteiger partial charge in [-0.25, -0.2) is 0 Å². The molecular formula is C22H18N4O4S. The first kappa shape index (κ1) is 19.4. The Labute approximate surface area is 181 Å². The molecule has 9 heteroatoms. The van der Waals surface area contributed by atoms with Crippen molar-refractivity contribution in [2.75, 3.05) is 4.90 Å². The summed E-state index contributed by atoms with van der Waals surface area (Å²) in [7, 11) is 0. The summed E-state index contributed by atoms with van der Waals surface area (Å²) in [5, 5.41) is 20.2. The summed E-state index contributed by atoms with van der Waals surface area (Å²) in [6.07, 6.45) is 3.94. The number of ether oxygens (including phenoxy) is 1. The summed E-state index contributed by atoms with van der Waals surface area (Å²) in [5.74, 6) is -1.01. The van der Waals surface area contributed by atoms with E-state index in [1.165, 1.54) is 16.2 Å². The van der Waals surface area contributed by atoms with Crippen molar-refractivity contribution in [3.8, 4) is 5.75 Å². The van der Waals surface area contributed by atoms with E-state index in [2.05, 4.69) is 15.2 Å². The number of aliphatic hydroxyl groups excluding tert-OH is 1. The number of benzene rings is 1. The van der Waals surface area contributed by atoms with Gasteiger partial charge in [0, 0.05) is 24.4 Å². The normalized spacial score (nSPS) is 21.9. The SMILES string of the molecule is Cc1nnc(N2C(=O)C(=O)/C(=C(\O)c3ccc4c(c3)CC(C)O4)C2c2cccnc2)s1. The molecule has 156 valence electrons. The number of carbonyl (C=O) groups excluding carboxylic acids is 2. The van der Waals surface area contributed by atoms with E-state index in [0.717, 1.165) is 11.3 Å². The van der Waals surface area contributed by atoms with E-state index < -0.39 is 17.7 Å². The van der Waals surface area contributed by atoms with Crippen molar-refractivity contribution >= 4 is 33.9 Å². The standard InChI is InChI=1S/C22H18N4O4S/c1-11-8-15-9-13(5-6-16(15)30-11)19(27)17-18(14-4-3-7-23-10-14)26(21(29)20(17)28)22-25-24-12(2)31-22/h3-7,9-11,18,27H,8H2,1-2H3/b19-17-. The molecule has 0 bridgehead atoms. The largest absolute Gasteiger partial charge is 0.507 e. The van der Waals surface area contributed by atoms with Gasteiger partial charge in [-0.05, 0) is 49.2 Å². The van der Waals surface area contributed by atoms with Gasteiger partial charge in [0.25, 0.3) is 5.78 Å². The molecule has 5 rings (SSSR count). The highest BCUT2D eigenvalue weighted by molar-refractivity contribution is 7.15. The van der Waals surface area contributed by atoms with Crippen molar-refractivity contribution in [1.82, 2.24) is 15.2 Å². The molecule has 1 fully saturated rings. The Bertz CT molecular complexity index is 1240. The Morgan fingerprint density at radius 1 is 1.26 bits per heavy atom. The number of aliphatic hydroxyl groups is 1. The average molecular weight is 434 g/mol. The first-order valence-corrected chi connectivity index (χ1v) is 10.6. The zero-order valence-corrected chi connectivity index (χ0v) is 17.6. The molecular weight excluding hydrogens is 416 g/mol. The second kappa shape index (κ2) is 7.28. The first-order chi connectivity index (χ1) is 14.9. The number of ketones is 1. The minimum Gasteiger partial charge on any atom is -0.507 e. The third-order valence-corrected chi connectivity index (χ3v) is 6.17. The van der Waals surface area contributed by atoms with Crippen molar-refractivity contribution in [1.29, 1.82) is 0 Å². The third kappa shape index (κ3) is 3.17. The van der Waals surface area contributed by atoms with E-state index in [9.17, 15) is 14.7 Å². The Balaban J connectivity index is 1.68. The maximum Gasteiger partial charge on any atom is 0.301 e. The lowest BCUT2D eigenvalue weighted by molar-refractivity contribution is -0.132. The van der Waals surface area contributed by atoms with Crippen molar-refractivity contribution < 1.29 is 19.4 Å². The molecule has 2 aliphatic heterocycles. The van der Waals surface area contributed by atoms with E-state index in [4.69, 9.17) is 4.74 Å². The van der Waals surface area contributed by atoms with Gasteiger partial charge in [-0.2, -0.15) is 0 Å². The van der Waals surface area contributed by atoms with E-state index >= 15 is 0 Å². The maximum absolute atomic E-state index is 13.1. The van der Waals surface area contributed by atoms with Crippen LogP contribution in [0.15, 0.2) is 48.3 Å². The van der Waals surface area contributed by atoms with Crippen molar-refractivity contribution in [2.24, 2.45) is 0 Å². The van der Waals surface area contributed by atoms with Crippen LogP contribution in [0.3, 0.4) is 0 Å². The van der Waals surface area contributed by atoms with E-state index in [0.29, 0.717) is 27.7 Å². The fourth-order valence-corrected chi connectivity index (χ4v) is 4.71. The Hall–Kier alpha value is -3.59. The molecule has 2 unspecified atom stereocenters. The summed E-state index contributed by atoms with van der Waals surface area (Å²) in [6, 6.07) is 7.89. The van der Waals surface area contributed by atoms with Gasteiger partial charge in [-0.1, -0.05) is 17.4 Å². The molecule has 3 aromatic rings. The van der Waals surface area contributed by atoms with E-state index in [1.54, 1.807) is 49.6 Å². The highest BCUT2D eigenvalue weighted by Gasteiger charge is 2.48. The molecule has 2 aromatic heterocycles. The van der Waals surface area contributed by atoms with Crippen molar-refractivity contribution in [3.63, 3.8) is 0 Å². The smallest absolute Gasteiger partial charge is 0.301 e. The molecule has 4 heterocycles. The molecule has 1 amide bonds. The molecule has 0 spiro atoms. The van der Waals surface area contributed by atoms with Gasteiger partial charge in [-0.15, -0.1) is 10.2 Å². The predicted octanol–water partition coefficient (Wildman–Crippen LogP) is 3.19. The Morgan fingerprint density at radius 2 is 2.10 bits per heavy atom. The number of fused-ring (bicyclic) bond motifs is 1. The van der Waals surface area contributed by atoms with Crippen LogP contribution in [0.4, 0.5) is 5.13 Å². The van der Waals surface area contributed by atoms with Gasteiger partial charge in [0.2, 0.25) is 5.13 Å². The molecule has 8 nitrogen and oxygen atoms in total. The Morgan fingerprint density at radius 3 is 2.81 bits per heavy atom. The fourth-order valence-electron chi connectivity index (χ4n) is 3.99. The number of rotatable bonds is 3. The highest BCUT2D eigenvalue weighted by atomic mass is 32.1. The molecule has 2 atom stereocenters. The number of aryl methyl sites for hydroxylation is 1. The molecule has 31 heavy (non-hydrogen) atoms. The summed E-state index contributed by atoms with van der Waals surface area (Å²) >= 11 is 1.20. The van der Waals surface area contributed by atoms with Gasteiger partial charge < -0.3 is 9.84 Å². The topological polar surface area (TPSA) is 106 Å². The minimum atomic E-state index is -0.857. The van der Waals surface area contributed by atoms with Crippen LogP contribution in [0.25, 0.3) is 5.76 Å². The zero-order valence-electron chi connectivity index (χ0n) is 16.8. The van der Waals surface area contributed by atoms with Crippen LogP contribution >= 0.6 is 11.3 Å². The number of hydrogen-bond acceptors (Lipinski definition) is 8. The quantitative estimate of drug-likeness (QED) is 0.383. The lowest BCUT2D eigenvalue weighted by Crippen LogP contribution is -2.29. The summed E-state index contributed by atoms with van der Waals surface area (Å²) in [4.78, 5) is 31.5. The number of nitrogens with zero attached hydrogens (tertiary/aromatic N) is 4. The van der Waals surface area contributed by atoms with Crippen LogP contribution in [0.2, 0.25) is 0 Å². The monoisotopic (exact) mass is 434 g/mol. The molecule has 0 aliphatic carbocycles. The molecule has 1 saturated heterocycles. The van der Waals surface area contributed by atoms with Gasteiger partial charge in [-0.3, -0.25) is 19.5 Å². The van der Waals surface area contributed by atoms with Crippen molar-refractivity contribution in [3.05, 3.63) is 70.0 Å². The second-order valence-electron chi connectivity index (χ2n) is 7.51. The number of Topliss-reactive ketones (excluding diaryl/α,β-unsaturated/α-hetero) is 1. The van der Waals surface area contributed by atoms with Crippen LogP contribution in [0.5, 0.6) is 5.75 Å². The first-order valence-electron chi connectivity index (χ1n) is 9.75. The van der Waals surface area contributed by atoms with E-state index in [-0.39, 0.29) is 17.4 Å². The molecule has 2 aliphatic rings. The number of amides is 1. The van der Waals surface area contributed by atoms with Gasteiger partial charge in [0.15, 0.2) is 0 Å². The van der Waals surface area contributed by atoms with Crippen LogP contribution in [-0.4, -0.2) is 38.1 Å². The zero-order chi connectivity index (χ0) is 21.7. The molecule has 0 saturated carbocycles. The highest BCUT2D eigenvalue weighted by Crippen LogP contribution is 2.43. The minimum absolute atomic E-state index is 0.00207. The maximum atomic E-state index is 13.1. The van der Waals surface area contributed by atoms with E-state index in [1.807, 2.05) is 6.92 Å². The second-order valence-corrected chi connectivity index (χ2v) is 8.67. The molecule has 1 N–H and O–H groups in total. The lowest BCUT2D eigenvalue weighted by atomic mass is 9.95. The van der Waals surface area contributed by atoms with Gasteiger partial charge in [0.05, 0.1) is 11.6 Å². The molecule has 1 aromatic carbocycles. The predicted molar refractivity (Wildman–Crippen MR) is 114 cm³/mol. The van der Waals surface area contributed by atoms with Crippen LogP contribution in [0, 0.1) is 6.92 Å². The summed E-state index contributed by atoms with van der Waals surface area (Å²) in [5.41, 5.74) is 1.99. The number of pyridine rings is 1. The van der Waals surface area contributed by atoms with Crippen molar-refractivity contribution in [2.45, 2.75) is 32.4 Å². The van der Waals surface area contributed by atoms with Crippen LogP contribution < -0.4 is 9.64 Å². The lowest BCUT2D eigenvalue weighted by Gasteiger charge is -2.22. The average Bonchev–Trinajstić information content (AvgIpc) is 3.43.